The Bertz CT molecular complexity index is 663. The number of aromatic nitrogens is 1. The number of rotatable bonds is 5. The molecule has 2 rings (SSSR count). The van der Waals surface area contributed by atoms with Crippen molar-refractivity contribution in [1.82, 2.24) is 10.3 Å². The predicted molar refractivity (Wildman–Crippen MR) is 75.2 cm³/mol. The smallest absolute Gasteiger partial charge is 0.404 e. The number of nitrogens with zero attached hydrogens (tertiary/aromatic N) is 2. The van der Waals surface area contributed by atoms with E-state index < -0.39 is 6.09 Å². The Hall–Kier alpha value is -3.07. The van der Waals surface area contributed by atoms with Crippen LogP contribution < -0.4 is 10.1 Å². The average molecular weight is 283 g/mol. The van der Waals surface area contributed by atoms with Gasteiger partial charge in [0.2, 0.25) is 5.88 Å². The van der Waals surface area contributed by atoms with Crippen LogP contribution in [0.25, 0.3) is 0 Å². The zero-order valence-electron chi connectivity index (χ0n) is 11.1. The minimum absolute atomic E-state index is 0.295. The van der Waals surface area contributed by atoms with Crippen LogP contribution in [-0.2, 0) is 6.42 Å². The zero-order valence-corrected chi connectivity index (χ0v) is 11.1. The normalized spacial score (nSPS) is 9.67. The third kappa shape index (κ3) is 4.51. The van der Waals surface area contributed by atoms with Gasteiger partial charge in [-0.15, -0.1) is 0 Å². The van der Waals surface area contributed by atoms with Crippen molar-refractivity contribution in [1.29, 1.82) is 5.26 Å². The Morgan fingerprint density at radius 2 is 2.05 bits per heavy atom. The van der Waals surface area contributed by atoms with Gasteiger partial charge in [-0.3, -0.25) is 0 Å². The molecule has 1 aromatic carbocycles. The lowest BCUT2D eigenvalue weighted by molar-refractivity contribution is 0.194. The maximum absolute atomic E-state index is 10.3. The molecule has 0 aliphatic carbocycles. The fourth-order valence-electron chi connectivity index (χ4n) is 1.69. The van der Waals surface area contributed by atoms with Crippen LogP contribution in [0.1, 0.15) is 11.3 Å². The summed E-state index contributed by atoms with van der Waals surface area (Å²) >= 11 is 0. The van der Waals surface area contributed by atoms with Crippen LogP contribution in [0, 0.1) is 11.3 Å². The number of pyridine rings is 1. The van der Waals surface area contributed by atoms with Gasteiger partial charge in [0.05, 0.1) is 0 Å². The first-order valence-corrected chi connectivity index (χ1v) is 6.28. The molecule has 106 valence electrons. The molecular weight excluding hydrogens is 270 g/mol. The van der Waals surface area contributed by atoms with Crippen LogP contribution in [0.3, 0.4) is 0 Å². The van der Waals surface area contributed by atoms with Crippen molar-refractivity contribution in [2.24, 2.45) is 0 Å². The predicted octanol–water partition coefficient (Wildman–Crippen LogP) is 2.56. The van der Waals surface area contributed by atoms with E-state index in [1.54, 1.807) is 30.3 Å². The van der Waals surface area contributed by atoms with Crippen molar-refractivity contribution < 1.29 is 14.6 Å². The van der Waals surface area contributed by atoms with Crippen molar-refractivity contribution in [3.63, 3.8) is 0 Å². The van der Waals surface area contributed by atoms with Gasteiger partial charge >= 0.3 is 6.09 Å². The van der Waals surface area contributed by atoms with Gasteiger partial charge in [0.25, 0.3) is 0 Å². The Morgan fingerprint density at radius 1 is 1.29 bits per heavy atom. The van der Waals surface area contributed by atoms with Crippen LogP contribution in [0.15, 0.2) is 42.5 Å². The van der Waals surface area contributed by atoms with Crippen LogP contribution in [-0.4, -0.2) is 22.7 Å². The number of hydrogen-bond donors (Lipinski definition) is 2. The van der Waals surface area contributed by atoms with Crippen LogP contribution >= 0.6 is 0 Å². The molecule has 0 atom stereocenters. The molecule has 0 saturated carbocycles. The Labute approximate surface area is 121 Å². The Morgan fingerprint density at radius 3 is 2.71 bits per heavy atom. The molecule has 2 aromatic rings. The molecule has 0 fully saturated rings. The summed E-state index contributed by atoms with van der Waals surface area (Å²) in [6, 6.07) is 14.2. The van der Waals surface area contributed by atoms with Gasteiger partial charge < -0.3 is 15.2 Å². The van der Waals surface area contributed by atoms with Crippen molar-refractivity contribution in [2.75, 3.05) is 6.54 Å². The van der Waals surface area contributed by atoms with Crippen LogP contribution in [0.4, 0.5) is 4.79 Å². The molecular formula is C15H13N3O3. The highest BCUT2D eigenvalue weighted by molar-refractivity contribution is 5.64. The van der Waals surface area contributed by atoms with E-state index in [1.807, 2.05) is 18.2 Å². The number of nitriles is 1. The lowest BCUT2D eigenvalue weighted by Gasteiger charge is -2.06. The minimum atomic E-state index is -1.03. The van der Waals surface area contributed by atoms with Crippen molar-refractivity contribution in [2.45, 2.75) is 6.42 Å². The molecule has 0 aliphatic heterocycles. The molecule has 1 aromatic heterocycles. The highest BCUT2D eigenvalue weighted by Crippen LogP contribution is 2.20. The fraction of sp³-hybridized carbons (Fsp3) is 0.133. The van der Waals surface area contributed by atoms with Gasteiger partial charge in [0, 0.05) is 12.6 Å². The quantitative estimate of drug-likeness (QED) is 0.879. The maximum atomic E-state index is 10.3. The summed E-state index contributed by atoms with van der Waals surface area (Å²) in [6.45, 7) is 0.362. The highest BCUT2D eigenvalue weighted by atomic mass is 16.5. The number of ether oxygens (including phenoxy) is 1. The molecule has 0 saturated heterocycles. The molecule has 6 heteroatoms. The van der Waals surface area contributed by atoms with E-state index in [1.165, 1.54) is 0 Å². The first-order valence-electron chi connectivity index (χ1n) is 6.28. The van der Waals surface area contributed by atoms with E-state index in [0.29, 0.717) is 30.3 Å². The minimum Gasteiger partial charge on any atom is -0.465 e. The monoisotopic (exact) mass is 283 g/mol. The third-order valence-corrected chi connectivity index (χ3v) is 2.67. The molecule has 0 unspecified atom stereocenters. The van der Waals surface area contributed by atoms with Crippen LogP contribution in [0.5, 0.6) is 11.6 Å². The number of nitrogens with one attached hydrogen (secondary N) is 1. The third-order valence-electron chi connectivity index (χ3n) is 2.67. The van der Waals surface area contributed by atoms with E-state index in [4.69, 9.17) is 15.1 Å². The van der Waals surface area contributed by atoms with E-state index in [0.717, 1.165) is 5.56 Å². The largest absolute Gasteiger partial charge is 0.465 e. The molecule has 0 radical (unpaired) electrons. The average Bonchev–Trinajstić information content (AvgIpc) is 2.49. The van der Waals surface area contributed by atoms with Gasteiger partial charge in [0.15, 0.2) is 0 Å². The standard InChI is InChI=1S/C15H13N3O3/c16-10-12-2-1-3-14(18-12)21-13-6-4-11(5-7-13)8-9-17-15(19)20/h1-7,17H,8-9H2,(H,19,20). The summed E-state index contributed by atoms with van der Waals surface area (Å²) < 4.78 is 5.55. The molecule has 1 amide bonds. The molecule has 0 bridgehead atoms. The lowest BCUT2D eigenvalue weighted by atomic mass is 10.1. The molecule has 6 nitrogen and oxygen atoms in total. The number of amides is 1. The molecule has 0 aliphatic rings. The lowest BCUT2D eigenvalue weighted by Crippen LogP contribution is -2.23. The Balaban J connectivity index is 1.95. The molecule has 1 heterocycles. The Kier molecular flexibility index (Phi) is 4.72. The van der Waals surface area contributed by atoms with Crippen molar-refractivity contribution >= 4 is 6.09 Å². The van der Waals surface area contributed by atoms with Gasteiger partial charge in [0.1, 0.15) is 17.5 Å². The molecule has 0 spiro atoms. The fourth-order valence-corrected chi connectivity index (χ4v) is 1.69. The van der Waals surface area contributed by atoms with Crippen LogP contribution in [0.2, 0.25) is 0 Å². The zero-order chi connectivity index (χ0) is 15.1. The second-order valence-electron chi connectivity index (χ2n) is 4.20. The number of benzene rings is 1. The van der Waals surface area contributed by atoms with E-state index in [-0.39, 0.29) is 0 Å². The van der Waals surface area contributed by atoms with E-state index >= 15 is 0 Å². The van der Waals surface area contributed by atoms with E-state index in [2.05, 4.69) is 10.3 Å². The highest BCUT2D eigenvalue weighted by Gasteiger charge is 2.01. The van der Waals surface area contributed by atoms with E-state index in [9.17, 15) is 4.79 Å². The number of carbonyl (C=O) groups is 1. The summed E-state index contributed by atoms with van der Waals surface area (Å²) in [6.07, 6.45) is -0.423. The number of carboxylic acid groups (broad SMARTS) is 1. The topological polar surface area (TPSA) is 95.2 Å². The summed E-state index contributed by atoms with van der Waals surface area (Å²) in [5, 5.41) is 19.6. The summed E-state index contributed by atoms with van der Waals surface area (Å²) in [7, 11) is 0. The summed E-state index contributed by atoms with van der Waals surface area (Å²) in [4.78, 5) is 14.4. The second-order valence-corrected chi connectivity index (χ2v) is 4.20. The number of hydrogen-bond acceptors (Lipinski definition) is 4. The van der Waals surface area contributed by atoms with Gasteiger partial charge in [-0.2, -0.15) is 5.26 Å². The maximum Gasteiger partial charge on any atom is 0.404 e. The second kappa shape index (κ2) is 6.91. The van der Waals surface area contributed by atoms with Crippen molar-refractivity contribution in [3.05, 3.63) is 53.7 Å². The summed E-state index contributed by atoms with van der Waals surface area (Å²) in [5.41, 5.74) is 1.29. The van der Waals surface area contributed by atoms with Gasteiger partial charge in [-0.1, -0.05) is 18.2 Å². The van der Waals surface area contributed by atoms with Gasteiger partial charge in [-0.05, 0) is 30.2 Å². The first-order chi connectivity index (χ1) is 10.2. The van der Waals surface area contributed by atoms with Gasteiger partial charge in [-0.25, -0.2) is 9.78 Å². The molecule has 21 heavy (non-hydrogen) atoms. The SMILES string of the molecule is N#Cc1cccc(Oc2ccc(CCNC(=O)O)cc2)n1. The first kappa shape index (κ1) is 14.3. The van der Waals surface area contributed by atoms with Crippen molar-refractivity contribution in [3.8, 4) is 17.7 Å². The summed E-state index contributed by atoms with van der Waals surface area (Å²) in [5.74, 6) is 0.960. The molecule has 2 N–H and O–H groups in total.